The van der Waals surface area contributed by atoms with Crippen LogP contribution in [-0.2, 0) is 6.54 Å². The van der Waals surface area contributed by atoms with Gasteiger partial charge in [-0.1, -0.05) is 95.3 Å². The van der Waals surface area contributed by atoms with Gasteiger partial charge in [-0.25, -0.2) is 9.47 Å². The van der Waals surface area contributed by atoms with Crippen molar-refractivity contribution < 1.29 is 4.57 Å². The molecule has 0 saturated carbocycles. The molecule has 0 fully saturated rings. The molecule has 144 valence electrons. The molecule has 2 nitrogen and oxygen atoms in total. The highest BCUT2D eigenvalue weighted by atomic mass is 32.1. The van der Waals surface area contributed by atoms with E-state index in [1.165, 1.54) is 120 Å². The fourth-order valence-corrected chi connectivity index (χ4v) is 5.05. The van der Waals surface area contributed by atoms with Crippen molar-refractivity contribution in [2.24, 2.45) is 0 Å². The van der Waals surface area contributed by atoms with Gasteiger partial charge in [-0.3, -0.25) is 0 Å². The Morgan fingerprint density at radius 2 is 1.36 bits per heavy atom. The van der Waals surface area contributed by atoms with Crippen LogP contribution in [0.3, 0.4) is 0 Å². The van der Waals surface area contributed by atoms with E-state index in [0.29, 0.717) is 0 Å². The highest BCUT2D eigenvalue weighted by Crippen LogP contribution is 2.23. The number of aryl methyl sites for hydroxylation is 1. The predicted octanol–water partition coefficient (Wildman–Crippen LogP) is 6.65. The van der Waals surface area contributed by atoms with Gasteiger partial charge in [-0.05, 0) is 19.8 Å². The van der Waals surface area contributed by atoms with Gasteiger partial charge in [0.25, 0.3) is 0 Å². The van der Waals surface area contributed by atoms with Gasteiger partial charge in [0.2, 0.25) is 0 Å². The Morgan fingerprint density at radius 1 is 0.840 bits per heavy atom. The minimum atomic E-state index is 1.20. The molecular formula is C22H41N2S+. The van der Waals surface area contributed by atoms with Gasteiger partial charge in [0.05, 0.1) is 6.54 Å². The lowest BCUT2D eigenvalue weighted by molar-refractivity contribution is -0.673. The monoisotopic (exact) mass is 365 g/mol. The molecule has 0 atom stereocenters. The highest BCUT2D eigenvalue weighted by molar-refractivity contribution is 7.13. The molecule has 2 rings (SSSR count). The SMILES string of the molecule is CCCCCCCCCCCCCCCCN1CC[n+]2c(C)csc21. The molecule has 0 aliphatic carbocycles. The zero-order valence-corrected chi connectivity index (χ0v) is 17.7. The minimum absolute atomic E-state index is 1.20. The number of fused-ring (bicyclic) bond motifs is 1. The number of aromatic nitrogens is 1. The molecule has 1 aliphatic rings. The van der Waals surface area contributed by atoms with Gasteiger partial charge in [0, 0.05) is 5.38 Å². The van der Waals surface area contributed by atoms with Crippen molar-refractivity contribution in [2.75, 3.05) is 18.0 Å². The molecule has 3 heteroatoms. The van der Waals surface area contributed by atoms with Crippen LogP contribution >= 0.6 is 11.3 Å². The standard InChI is InChI=1S/C22H41N2S/c1-3-4-5-6-7-8-9-10-11-12-13-14-15-16-17-23-18-19-24-21(2)20-25-22(23)24/h20H,3-19H2,1-2H3/q+1. The Kier molecular flexibility index (Phi) is 10.6. The smallest absolute Gasteiger partial charge is 0.248 e. The molecule has 1 aliphatic heterocycles. The Hall–Kier alpha value is -0.570. The summed E-state index contributed by atoms with van der Waals surface area (Å²) in [5, 5.41) is 3.79. The Morgan fingerprint density at radius 3 is 1.92 bits per heavy atom. The van der Waals surface area contributed by atoms with Gasteiger partial charge >= 0.3 is 5.13 Å². The average Bonchev–Trinajstić information content (AvgIpc) is 3.19. The van der Waals surface area contributed by atoms with Crippen molar-refractivity contribution >= 4 is 16.5 Å². The van der Waals surface area contributed by atoms with Crippen LogP contribution in [0.25, 0.3) is 0 Å². The summed E-state index contributed by atoms with van der Waals surface area (Å²) < 4.78 is 2.48. The Labute approximate surface area is 160 Å². The molecule has 1 aromatic rings. The van der Waals surface area contributed by atoms with Crippen molar-refractivity contribution in [1.29, 1.82) is 0 Å². The second-order valence-corrected chi connectivity index (χ2v) is 8.73. The molecule has 25 heavy (non-hydrogen) atoms. The van der Waals surface area contributed by atoms with E-state index < -0.39 is 0 Å². The van der Waals surface area contributed by atoms with Crippen LogP contribution in [0.1, 0.15) is 103 Å². The summed E-state index contributed by atoms with van der Waals surface area (Å²) in [6, 6.07) is 0. The summed E-state index contributed by atoms with van der Waals surface area (Å²) in [5.74, 6) is 0. The van der Waals surface area contributed by atoms with Gasteiger partial charge in [-0.15, -0.1) is 0 Å². The van der Waals surface area contributed by atoms with Crippen molar-refractivity contribution in [1.82, 2.24) is 0 Å². The maximum Gasteiger partial charge on any atom is 0.336 e. The van der Waals surface area contributed by atoms with Crippen molar-refractivity contribution in [2.45, 2.75) is 110 Å². The first-order valence-corrected chi connectivity index (χ1v) is 11.9. The van der Waals surface area contributed by atoms with E-state index in [1.54, 1.807) is 0 Å². The molecule has 2 heterocycles. The number of nitrogens with zero attached hydrogens (tertiary/aromatic N) is 2. The highest BCUT2D eigenvalue weighted by Gasteiger charge is 2.29. The van der Waals surface area contributed by atoms with Crippen LogP contribution in [0.2, 0.25) is 0 Å². The number of thiazole rings is 1. The van der Waals surface area contributed by atoms with Gasteiger partial charge < -0.3 is 0 Å². The summed E-state index contributed by atoms with van der Waals surface area (Å²) in [6.45, 7) is 8.22. The Bertz CT molecular complexity index is 455. The van der Waals surface area contributed by atoms with Crippen LogP contribution in [0.15, 0.2) is 5.38 Å². The summed E-state index contributed by atoms with van der Waals surface area (Å²) in [4.78, 5) is 2.60. The third-order valence-corrected chi connectivity index (χ3v) is 6.79. The fourth-order valence-electron chi connectivity index (χ4n) is 3.95. The first kappa shape index (κ1) is 20.7. The van der Waals surface area contributed by atoms with Crippen LogP contribution < -0.4 is 9.47 Å². The maximum absolute atomic E-state index is 2.60. The lowest BCUT2D eigenvalue weighted by Gasteiger charge is -2.08. The van der Waals surface area contributed by atoms with E-state index in [9.17, 15) is 0 Å². The zero-order chi connectivity index (χ0) is 17.7. The predicted molar refractivity (Wildman–Crippen MR) is 112 cm³/mol. The van der Waals surface area contributed by atoms with Gasteiger partial charge in [0.1, 0.15) is 18.8 Å². The number of hydrogen-bond donors (Lipinski definition) is 0. The van der Waals surface area contributed by atoms with E-state index in [-0.39, 0.29) is 0 Å². The topological polar surface area (TPSA) is 7.12 Å². The van der Waals surface area contributed by atoms with E-state index in [0.717, 1.165) is 0 Å². The Balaban J connectivity index is 1.34. The maximum atomic E-state index is 2.60. The lowest BCUT2D eigenvalue weighted by atomic mass is 10.0. The average molecular weight is 366 g/mol. The second-order valence-electron chi connectivity index (χ2n) is 7.89. The lowest BCUT2D eigenvalue weighted by Crippen LogP contribution is -2.31. The summed E-state index contributed by atoms with van der Waals surface area (Å²) in [6.07, 6.45) is 20.2. The van der Waals surface area contributed by atoms with Crippen LogP contribution in [0.5, 0.6) is 0 Å². The summed E-state index contributed by atoms with van der Waals surface area (Å²) in [5.41, 5.74) is 1.43. The van der Waals surface area contributed by atoms with E-state index in [1.807, 2.05) is 11.3 Å². The molecular weight excluding hydrogens is 324 g/mol. The van der Waals surface area contributed by atoms with Crippen LogP contribution in [-0.4, -0.2) is 13.1 Å². The van der Waals surface area contributed by atoms with Crippen LogP contribution in [0, 0.1) is 6.92 Å². The second kappa shape index (κ2) is 12.7. The third-order valence-electron chi connectivity index (χ3n) is 5.64. The number of anilines is 1. The molecule has 1 aromatic heterocycles. The van der Waals surface area contributed by atoms with Crippen LogP contribution in [0.4, 0.5) is 5.13 Å². The minimum Gasteiger partial charge on any atom is -0.248 e. The molecule has 0 N–H and O–H groups in total. The molecule has 0 saturated heterocycles. The van der Waals surface area contributed by atoms with Gasteiger partial charge in [0.15, 0.2) is 0 Å². The number of unbranched alkanes of at least 4 members (excludes halogenated alkanes) is 13. The first-order chi connectivity index (χ1) is 12.3. The molecule has 0 radical (unpaired) electrons. The van der Waals surface area contributed by atoms with E-state index >= 15 is 0 Å². The summed E-state index contributed by atoms with van der Waals surface area (Å²) >= 11 is 1.92. The molecule has 0 spiro atoms. The number of hydrogen-bond acceptors (Lipinski definition) is 2. The molecule has 0 amide bonds. The summed E-state index contributed by atoms with van der Waals surface area (Å²) in [7, 11) is 0. The van der Waals surface area contributed by atoms with Crippen molar-refractivity contribution in [3.63, 3.8) is 0 Å². The molecule has 0 aromatic carbocycles. The van der Waals surface area contributed by atoms with Crippen molar-refractivity contribution in [3.05, 3.63) is 11.1 Å². The normalized spacial score (nSPS) is 13.6. The number of rotatable bonds is 15. The first-order valence-electron chi connectivity index (χ1n) is 11.1. The van der Waals surface area contributed by atoms with E-state index in [4.69, 9.17) is 0 Å². The molecule has 0 unspecified atom stereocenters. The molecule has 0 bridgehead atoms. The zero-order valence-electron chi connectivity index (χ0n) is 16.9. The van der Waals surface area contributed by atoms with Crippen molar-refractivity contribution in [3.8, 4) is 0 Å². The van der Waals surface area contributed by atoms with E-state index in [2.05, 4.69) is 28.7 Å². The quantitative estimate of drug-likeness (QED) is 0.249. The fraction of sp³-hybridized carbons (Fsp3) is 0.864. The third kappa shape index (κ3) is 7.68. The largest absolute Gasteiger partial charge is 0.336 e. The van der Waals surface area contributed by atoms with Gasteiger partial charge in [-0.2, -0.15) is 0 Å².